The Morgan fingerprint density at radius 1 is 0.639 bits per heavy atom. The topological polar surface area (TPSA) is 79.9 Å². The van der Waals surface area contributed by atoms with Crippen LogP contribution >= 0.6 is 0 Å². The highest BCUT2D eigenvalue weighted by Gasteiger charge is 2.26. The predicted molar refractivity (Wildman–Crippen MR) is 144 cm³/mol. The summed E-state index contributed by atoms with van der Waals surface area (Å²) in [6, 6.07) is 25.8. The molecule has 1 heterocycles. The van der Waals surface area contributed by atoms with Gasteiger partial charge >= 0.3 is 0 Å². The molecular formula is C31H27NO4. The van der Waals surface area contributed by atoms with Crippen LogP contribution in [0.25, 0.3) is 21.9 Å². The van der Waals surface area contributed by atoms with E-state index >= 15 is 0 Å². The Bertz CT molecular complexity index is 1660. The number of phenolic OH excluding ortho intramolecular Hbond substituents is 1. The van der Waals surface area contributed by atoms with Crippen molar-refractivity contribution in [1.29, 1.82) is 0 Å². The number of aromatic hydroxyl groups is 1. The lowest BCUT2D eigenvalue weighted by Gasteiger charge is -2.27. The Balaban J connectivity index is 1.63. The van der Waals surface area contributed by atoms with E-state index in [1.165, 1.54) is 0 Å². The minimum absolute atomic E-state index is 0.0761. The second kappa shape index (κ2) is 8.45. The molecule has 1 aromatic heterocycles. The number of nitrogens with zero attached hydrogens (tertiary/aromatic N) is 1. The molecule has 0 aliphatic carbocycles. The van der Waals surface area contributed by atoms with E-state index in [1.807, 2.05) is 60.7 Å². The number of fused-ring (bicyclic) bond motifs is 2. The van der Waals surface area contributed by atoms with Gasteiger partial charge in [0.2, 0.25) is 5.43 Å². The van der Waals surface area contributed by atoms with Gasteiger partial charge in [-0.2, -0.15) is 0 Å². The third-order valence-corrected chi connectivity index (χ3v) is 7.40. The Morgan fingerprint density at radius 3 is 1.50 bits per heavy atom. The first-order chi connectivity index (χ1) is 17.1. The standard InChI is InChI=1S/C31H27NO4/c1-30(2,19-5-11-23(32-35)12-6-19)21-9-15-27-25(17-21)29(34)26-18-22(10-16-28(26)36-27)31(3,4)20-7-13-24(33)14-8-20/h5-18,33H,1-4H3. The minimum atomic E-state index is -0.403. The van der Waals surface area contributed by atoms with Crippen LogP contribution < -0.4 is 5.43 Å². The molecule has 1 N–H and O–H groups in total. The van der Waals surface area contributed by atoms with Crippen molar-refractivity contribution in [3.63, 3.8) is 0 Å². The molecule has 0 bridgehead atoms. The Hall–Kier alpha value is -4.25. The lowest BCUT2D eigenvalue weighted by Crippen LogP contribution is -2.20. The van der Waals surface area contributed by atoms with Gasteiger partial charge in [0.1, 0.15) is 22.6 Å². The van der Waals surface area contributed by atoms with Crippen LogP contribution in [0.5, 0.6) is 5.75 Å². The van der Waals surface area contributed by atoms with Gasteiger partial charge in [-0.05, 0) is 76.0 Å². The number of benzene rings is 4. The molecule has 0 aliphatic rings. The van der Waals surface area contributed by atoms with Gasteiger partial charge in [0.15, 0.2) is 0 Å². The summed E-state index contributed by atoms with van der Waals surface area (Å²) in [6.07, 6.45) is 0. The van der Waals surface area contributed by atoms with Gasteiger partial charge in [0.25, 0.3) is 0 Å². The fraction of sp³-hybridized carbons (Fsp3) is 0.194. The molecule has 0 saturated heterocycles. The predicted octanol–water partition coefficient (Wildman–Crippen LogP) is 7.70. The van der Waals surface area contributed by atoms with Crippen molar-refractivity contribution in [3.8, 4) is 5.75 Å². The fourth-order valence-corrected chi connectivity index (χ4v) is 4.78. The second-order valence-corrected chi connectivity index (χ2v) is 10.3. The largest absolute Gasteiger partial charge is 0.508 e. The average molecular weight is 478 g/mol. The molecule has 36 heavy (non-hydrogen) atoms. The lowest BCUT2D eigenvalue weighted by molar-refractivity contribution is 0.474. The summed E-state index contributed by atoms with van der Waals surface area (Å²) in [4.78, 5) is 24.5. The quantitative estimate of drug-likeness (QED) is 0.208. The third kappa shape index (κ3) is 3.87. The third-order valence-electron chi connectivity index (χ3n) is 7.40. The van der Waals surface area contributed by atoms with Gasteiger partial charge in [0.05, 0.1) is 10.8 Å². The van der Waals surface area contributed by atoms with E-state index in [0.717, 1.165) is 22.3 Å². The number of phenols is 1. The van der Waals surface area contributed by atoms with E-state index in [-0.39, 0.29) is 16.6 Å². The van der Waals surface area contributed by atoms with Gasteiger partial charge in [-0.15, -0.1) is 4.91 Å². The summed E-state index contributed by atoms with van der Waals surface area (Å²) in [7, 11) is 0. The van der Waals surface area contributed by atoms with E-state index in [9.17, 15) is 14.8 Å². The molecule has 0 spiro atoms. The number of nitroso groups, excluding NO2 is 1. The number of hydrogen-bond donors (Lipinski definition) is 1. The highest BCUT2D eigenvalue weighted by Crippen LogP contribution is 2.36. The maximum absolute atomic E-state index is 13.7. The van der Waals surface area contributed by atoms with Gasteiger partial charge < -0.3 is 9.52 Å². The molecule has 0 fully saturated rings. The molecule has 0 aliphatic heterocycles. The van der Waals surface area contributed by atoms with Crippen molar-refractivity contribution < 1.29 is 9.52 Å². The monoisotopic (exact) mass is 477 g/mol. The van der Waals surface area contributed by atoms with E-state index in [4.69, 9.17) is 4.42 Å². The molecule has 5 nitrogen and oxygen atoms in total. The van der Waals surface area contributed by atoms with E-state index in [1.54, 1.807) is 24.3 Å². The van der Waals surface area contributed by atoms with Crippen molar-refractivity contribution in [2.75, 3.05) is 0 Å². The highest BCUT2D eigenvalue weighted by atomic mass is 16.3. The smallest absolute Gasteiger partial charge is 0.200 e. The van der Waals surface area contributed by atoms with Crippen LogP contribution in [0.1, 0.15) is 49.9 Å². The summed E-state index contributed by atoms with van der Waals surface area (Å²) in [5, 5.41) is 13.7. The fourth-order valence-electron chi connectivity index (χ4n) is 4.78. The van der Waals surface area contributed by atoms with Crippen molar-refractivity contribution in [3.05, 3.63) is 122 Å². The maximum Gasteiger partial charge on any atom is 0.200 e. The van der Waals surface area contributed by atoms with E-state index < -0.39 is 5.41 Å². The molecule has 5 heteroatoms. The molecule has 0 unspecified atom stereocenters. The molecule has 0 radical (unpaired) electrons. The molecule has 0 amide bonds. The minimum Gasteiger partial charge on any atom is -0.508 e. The second-order valence-electron chi connectivity index (χ2n) is 10.3. The average Bonchev–Trinajstić information content (AvgIpc) is 2.88. The van der Waals surface area contributed by atoms with Crippen LogP contribution in [0, 0.1) is 4.91 Å². The molecule has 0 saturated carbocycles. The van der Waals surface area contributed by atoms with Crippen molar-refractivity contribution in [2.24, 2.45) is 5.18 Å². The zero-order chi connectivity index (χ0) is 25.7. The normalized spacial score (nSPS) is 12.2. The van der Waals surface area contributed by atoms with Gasteiger partial charge in [-0.25, -0.2) is 0 Å². The van der Waals surface area contributed by atoms with Crippen LogP contribution in [-0.4, -0.2) is 5.11 Å². The first-order valence-electron chi connectivity index (χ1n) is 11.9. The highest BCUT2D eigenvalue weighted by molar-refractivity contribution is 5.90. The van der Waals surface area contributed by atoms with Crippen molar-refractivity contribution in [2.45, 2.75) is 38.5 Å². The summed E-state index contributed by atoms with van der Waals surface area (Å²) >= 11 is 0. The SMILES string of the molecule is CC(C)(c1ccc(O)cc1)c1ccc2oc3ccc(C(C)(C)c4ccc(N=O)cc4)cc3c(=O)c2c1. The van der Waals surface area contributed by atoms with E-state index in [2.05, 4.69) is 32.9 Å². The van der Waals surface area contributed by atoms with Crippen LogP contribution in [0.4, 0.5) is 5.69 Å². The molecular weight excluding hydrogens is 450 g/mol. The first kappa shape index (κ1) is 23.5. The van der Waals surface area contributed by atoms with Gasteiger partial charge in [-0.3, -0.25) is 4.79 Å². The van der Waals surface area contributed by atoms with Crippen LogP contribution in [0.3, 0.4) is 0 Å². The molecule has 5 rings (SSSR count). The van der Waals surface area contributed by atoms with E-state index in [0.29, 0.717) is 27.6 Å². The maximum atomic E-state index is 13.7. The summed E-state index contributed by atoms with van der Waals surface area (Å²) in [6.45, 7) is 8.35. The molecule has 4 aromatic carbocycles. The lowest BCUT2D eigenvalue weighted by atomic mass is 9.77. The van der Waals surface area contributed by atoms with Crippen LogP contribution in [0.15, 0.2) is 99.3 Å². The van der Waals surface area contributed by atoms with Gasteiger partial charge in [0, 0.05) is 10.8 Å². The molecule has 180 valence electrons. The van der Waals surface area contributed by atoms with Crippen molar-refractivity contribution >= 4 is 27.6 Å². The Labute approximate surface area is 209 Å². The number of hydrogen-bond acceptors (Lipinski definition) is 5. The first-order valence-corrected chi connectivity index (χ1v) is 11.9. The zero-order valence-corrected chi connectivity index (χ0v) is 20.7. The summed E-state index contributed by atoms with van der Waals surface area (Å²) in [5.41, 5.74) is 4.59. The summed E-state index contributed by atoms with van der Waals surface area (Å²) in [5.74, 6) is 0.218. The summed E-state index contributed by atoms with van der Waals surface area (Å²) < 4.78 is 6.14. The van der Waals surface area contributed by atoms with Crippen LogP contribution in [0.2, 0.25) is 0 Å². The Kier molecular flexibility index (Phi) is 5.51. The molecule has 0 atom stereocenters. The Morgan fingerprint density at radius 2 is 1.06 bits per heavy atom. The number of rotatable bonds is 5. The van der Waals surface area contributed by atoms with Gasteiger partial charge in [-0.1, -0.05) is 64.1 Å². The van der Waals surface area contributed by atoms with Crippen molar-refractivity contribution in [1.82, 2.24) is 0 Å². The molecule has 5 aromatic rings. The van der Waals surface area contributed by atoms with Crippen LogP contribution in [-0.2, 0) is 10.8 Å². The zero-order valence-electron chi connectivity index (χ0n) is 20.7.